The van der Waals surface area contributed by atoms with Gasteiger partial charge in [0, 0.05) is 6.42 Å². The third-order valence-electron chi connectivity index (χ3n) is 3.67. The van der Waals surface area contributed by atoms with Crippen molar-refractivity contribution in [3.8, 4) is 0 Å². The Balaban J connectivity index is 2.34. The van der Waals surface area contributed by atoms with E-state index in [-0.39, 0.29) is 0 Å². The highest BCUT2D eigenvalue weighted by Gasteiger charge is 2.12. The summed E-state index contributed by atoms with van der Waals surface area (Å²) in [6.07, 6.45) is 12.1. The molecule has 0 spiro atoms. The van der Waals surface area contributed by atoms with E-state index in [0.29, 0.717) is 18.1 Å². The maximum absolute atomic E-state index is 12.1. The van der Waals surface area contributed by atoms with Gasteiger partial charge in [-0.05, 0) is 56.6 Å². The molecule has 98 valence electrons. The molecule has 0 aliphatic heterocycles. The van der Waals surface area contributed by atoms with Crippen LogP contribution in [0.2, 0.25) is 0 Å². The second-order valence-corrected chi connectivity index (χ2v) is 5.33. The molecule has 1 unspecified atom stereocenters. The SMILES string of the molecule is CC(CCN)CCC(=O)C1=CCCCCCC1. The highest BCUT2D eigenvalue weighted by molar-refractivity contribution is 5.95. The second kappa shape index (κ2) is 8.46. The number of hydrogen-bond acceptors (Lipinski definition) is 2. The van der Waals surface area contributed by atoms with E-state index in [4.69, 9.17) is 5.73 Å². The van der Waals surface area contributed by atoms with Crippen LogP contribution in [0.25, 0.3) is 0 Å². The summed E-state index contributed by atoms with van der Waals surface area (Å²) in [6, 6.07) is 0. The van der Waals surface area contributed by atoms with E-state index in [1.54, 1.807) is 0 Å². The molecule has 1 aliphatic rings. The van der Waals surface area contributed by atoms with E-state index in [2.05, 4.69) is 13.0 Å². The van der Waals surface area contributed by atoms with Crippen LogP contribution >= 0.6 is 0 Å². The van der Waals surface area contributed by atoms with Crippen molar-refractivity contribution in [1.82, 2.24) is 0 Å². The molecule has 0 bridgehead atoms. The fourth-order valence-corrected chi connectivity index (χ4v) is 2.41. The maximum Gasteiger partial charge on any atom is 0.158 e. The minimum Gasteiger partial charge on any atom is -0.330 e. The van der Waals surface area contributed by atoms with E-state index in [1.165, 1.54) is 25.7 Å². The van der Waals surface area contributed by atoms with Gasteiger partial charge in [0.15, 0.2) is 5.78 Å². The van der Waals surface area contributed by atoms with Crippen molar-refractivity contribution < 1.29 is 4.79 Å². The molecule has 0 aromatic heterocycles. The zero-order valence-electron chi connectivity index (χ0n) is 11.2. The Kier molecular flexibility index (Phi) is 7.18. The molecular weight excluding hydrogens is 210 g/mol. The van der Waals surface area contributed by atoms with Crippen LogP contribution in [0.15, 0.2) is 11.6 Å². The summed E-state index contributed by atoms with van der Waals surface area (Å²) in [4.78, 5) is 12.1. The molecule has 1 aliphatic carbocycles. The molecule has 2 nitrogen and oxygen atoms in total. The Morgan fingerprint density at radius 2 is 2.06 bits per heavy atom. The van der Waals surface area contributed by atoms with Crippen molar-refractivity contribution in [2.45, 2.75) is 64.7 Å². The molecule has 0 saturated heterocycles. The van der Waals surface area contributed by atoms with Gasteiger partial charge in [-0.25, -0.2) is 0 Å². The van der Waals surface area contributed by atoms with Crippen LogP contribution in [-0.2, 0) is 4.79 Å². The lowest BCUT2D eigenvalue weighted by atomic mass is 9.93. The molecular formula is C15H27NO. The van der Waals surface area contributed by atoms with Crippen molar-refractivity contribution >= 4 is 5.78 Å². The van der Waals surface area contributed by atoms with Crippen LogP contribution in [-0.4, -0.2) is 12.3 Å². The molecule has 2 N–H and O–H groups in total. The summed E-state index contributed by atoms with van der Waals surface area (Å²) < 4.78 is 0. The van der Waals surface area contributed by atoms with Crippen LogP contribution in [0, 0.1) is 5.92 Å². The van der Waals surface area contributed by atoms with E-state index < -0.39 is 0 Å². The molecule has 0 aromatic carbocycles. The second-order valence-electron chi connectivity index (χ2n) is 5.33. The zero-order valence-corrected chi connectivity index (χ0v) is 11.2. The smallest absolute Gasteiger partial charge is 0.158 e. The molecule has 0 heterocycles. The maximum atomic E-state index is 12.1. The van der Waals surface area contributed by atoms with Gasteiger partial charge in [0.2, 0.25) is 0 Å². The largest absolute Gasteiger partial charge is 0.330 e. The average molecular weight is 237 g/mol. The normalized spacial score (nSPS) is 19.1. The van der Waals surface area contributed by atoms with E-state index in [0.717, 1.165) is 37.8 Å². The van der Waals surface area contributed by atoms with Crippen molar-refractivity contribution in [2.75, 3.05) is 6.54 Å². The summed E-state index contributed by atoms with van der Waals surface area (Å²) >= 11 is 0. The van der Waals surface area contributed by atoms with Gasteiger partial charge in [-0.3, -0.25) is 4.79 Å². The first-order chi connectivity index (χ1) is 8.24. The lowest BCUT2D eigenvalue weighted by Gasteiger charge is -2.12. The molecule has 1 atom stereocenters. The van der Waals surface area contributed by atoms with Gasteiger partial charge in [0.05, 0.1) is 0 Å². The third-order valence-corrected chi connectivity index (χ3v) is 3.67. The zero-order chi connectivity index (χ0) is 12.5. The number of nitrogens with two attached hydrogens (primary N) is 1. The predicted octanol–water partition coefficient (Wildman–Crippen LogP) is 3.60. The summed E-state index contributed by atoms with van der Waals surface area (Å²) in [7, 11) is 0. The topological polar surface area (TPSA) is 43.1 Å². The highest BCUT2D eigenvalue weighted by Crippen LogP contribution is 2.20. The van der Waals surface area contributed by atoms with Gasteiger partial charge >= 0.3 is 0 Å². The highest BCUT2D eigenvalue weighted by atomic mass is 16.1. The summed E-state index contributed by atoms with van der Waals surface area (Å²) in [6.45, 7) is 2.92. The number of rotatable bonds is 6. The van der Waals surface area contributed by atoms with Gasteiger partial charge in [0.25, 0.3) is 0 Å². The molecule has 1 rings (SSSR count). The number of Topliss-reactive ketones (excluding diaryl/α,β-unsaturated/α-hetero) is 1. The quantitative estimate of drug-likeness (QED) is 0.767. The van der Waals surface area contributed by atoms with Crippen LogP contribution in [0.3, 0.4) is 0 Å². The van der Waals surface area contributed by atoms with Gasteiger partial charge in [0.1, 0.15) is 0 Å². The standard InChI is InChI=1S/C15H27NO/c1-13(11-12-16)9-10-15(17)14-7-5-3-2-4-6-8-14/h7,13H,2-6,8-12,16H2,1H3. The molecule has 0 radical (unpaired) electrons. The Morgan fingerprint density at radius 1 is 1.29 bits per heavy atom. The Labute approximate surface area is 106 Å². The van der Waals surface area contributed by atoms with E-state index in [1.807, 2.05) is 0 Å². The van der Waals surface area contributed by atoms with E-state index >= 15 is 0 Å². The van der Waals surface area contributed by atoms with Crippen molar-refractivity contribution in [3.05, 3.63) is 11.6 Å². The number of carbonyl (C=O) groups excluding carboxylic acids is 1. The van der Waals surface area contributed by atoms with Crippen LogP contribution in [0.1, 0.15) is 64.7 Å². The number of carbonyl (C=O) groups is 1. The predicted molar refractivity (Wildman–Crippen MR) is 72.9 cm³/mol. The minimum atomic E-state index is 0.385. The first kappa shape index (κ1) is 14.4. The first-order valence-corrected chi connectivity index (χ1v) is 7.16. The molecule has 0 saturated carbocycles. The lowest BCUT2D eigenvalue weighted by Crippen LogP contribution is -2.10. The molecule has 17 heavy (non-hydrogen) atoms. The lowest BCUT2D eigenvalue weighted by molar-refractivity contribution is -0.116. The minimum absolute atomic E-state index is 0.385. The van der Waals surface area contributed by atoms with Crippen molar-refractivity contribution in [3.63, 3.8) is 0 Å². The van der Waals surface area contributed by atoms with Crippen LogP contribution < -0.4 is 5.73 Å². The Bertz CT molecular complexity index is 258. The van der Waals surface area contributed by atoms with Gasteiger partial charge in [-0.15, -0.1) is 0 Å². The third kappa shape index (κ3) is 6.02. The average Bonchev–Trinajstić information content (AvgIpc) is 2.26. The van der Waals surface area contributed by atoms with Crippen LogP contribution in [0.5, 0.6) is 0 Å². The van der Waals surface area contributed by atoms with Gasteiger partial charge in [-0.1, -0.05) is 25.8 Å². The molecule has 0 aromatic rings. The Hall–Kier alpha value is -0.630. The molecule has 0 fully saturated rings. The number of allylic oxidation sites excluding steroid dienone is 2. The van der Waals surface area contributed by atoms with Crippen molar-refractivity contribution in [1.29, 1.82) is 0 Å². The monoisotopic (exact) mass is 237 g/mol. The number of hydrogen-bond donors (Lipinski definition) is 1. The summed E-state index contributed by atoms with van der Waals surface area (Å²) in [5, 5.41) is 0. The number of ketones is 1. The van der Waals surface area contributed by atoms with E-state index in [9.17, 15) is 4.79 Å². The first-order valence-electron chi connectivity index (χ1n) is 7.16. The summed E-state index contributed by atoms with van der Waals surface area (Å²) in [5.41, 5.74) is 6.62. The van der Waals surface area contributed by atoms with Gasteiger partial charge < -0.3 is 5.73 Å². The fraction of sp³-hybridized carbons (Fsp3) is 0.800. The Morgan fingerprint density at radius 3 is 2.82 bits per heavy atom. The van der Waals surface area contributed by atoms with Gasteiger partial charge in [-0.2, -0.15) is 0 Å². The fourth-order valence-electron chi connectivity index (χ4n) is 2.41. The molecule has 2 heteroatoms. The van der Waals surface area contributed by atoms with Crippen molar-refractivity contribution in [2.24, 2.45) is 11.7 Å². The molecule has 0 amide bonds. The summed E-state index contributed by atoms with van der Waals surface area (Å²) in [5.74, 6) is 0.967. The van der Waals surface area contributed by atoms with Crippen LogP contribution in [0.4, 0.5) is 0 Å².